The standard InChI is InChI=1S/C9H7NO4/c1-9(10(12)13)8(11)6-4-2-3-5-7(6)14-9/h2-5H,1H3. The van der Waals surface area contributed by atoms with E-state index < -0.39 is 16.4 Å². The van der Waals surface area contributed by atoms with Crippen molar-refractivity contribution >= 4 is 5.78 Å². The average Bonchev–Trinajstić information content (AvgIpc) is 2.42. The van der Waals surface area contributed by atoms with Crippen molar-refractivity contribution in [3.05, 3.63) is 39.9 Å². The third-order valence-corrected chi connectivity index (χ3v) is 2.21. The van der Waals surface area contributed by atoms with Crippen LogP contribution in [0.5, 0.6) is 5.75 Å². The maximum absolute atomic E-state index is 11.6. The van der Waals surface area contributed by atoms with E-state index in [-0.39, 0.29) is 11.3 Å². The highest BCUT2D eigenvalue weighted by Crippen LogP contribution is 2.34. The summed E-state index contributed by atoms with van der Waals surface area (Å²) in [6.45, 7) is 1.16. The first kappa shape index (κ1) is 8.68. The SMILES string of the molecule is CC1([N+](=O)[O-])Oc2ccccc2C1=O. The van der Waals surface area contributed by atoms with Crippen LogP contribution in [-0.2, 0) is 0 Å². The zero-order valence-electron chi connectivity index (χ0n) is 7.39. The minimum Gasteiger partial charge on any atom is -0.421 e. The van der Waals surface area contributed by atoms with Crippen LogP contribution >= 0.6 is 0 Å². The summed E-state index contributed by atoms with van der Waals surface area (Å²) in [6, 6.07) is 6.37. The molecule has 1 aliphatic heterocycles. The number of para-hydroxylation sites is 1. The number of Topliss-reactive ketones (excluding diaryl/α,β-unsaturated/α-hetero) is 1. The Morgan fingerprint density at radius 2 is 2.07 bits per heavy atom. The number of carbonyl (C=O) groups is 1. The van der Waals surface area contributed by atoms with E-state index in [0.717, 1.165) is 6.92 Å². The summed E-state index contributed by atoms with van der Waals surface area (Å²) in [5.74, 6) is -0.324. The quantitative estimate of drug-likeness (QED) is 0.497. The van der Waals surface area contributed by atoms with E-state index in [9.17, 15) is 14.9 Å². The Labute approximate surface area is 79.4 Å². The van der Waals surface area contributed by atoms with Crippen molar-refractivity contribution in [1.82, 2.24) is 0 Å². The van der Waals surface area contributed by atoms with Gasteiger partial charge < -0.3 is 4.74 Å². The number of hydrogen-bond acceptors (Lipinski definition) is 4. The van der Waals surface area contributed by atoms with Crippen molar-refractivity contribution in [2.75, 3.05) is 0 Å². The van der Waals surface area contributed by atoms with Gasteiger partial charge in [-0.05, 0) is 12.1 Å². The Hall–Kier alpha value is -1.91. The van der Waals surface area contributed by atoms with Gasteiger partial charge in [0.05, 0.1) is 17.4 Å². The third kappa shape index (κ3) is 0.921. The lowest BCUT2D eigenvalue weighted by Gasteiger charge is -2.11. The Bertz CT molecular complexity index is 429. The van der Waals surface area contributed by atoms with Gasteiger partial charge in [-0.1, -0.05) is 12.1 Å². The molecule has 14 heavy (non-hydrogen) atoms. The first-order valence-corrected chi connectivity index (χ1v) is 4.03. The molecule has 0 saturated heterocycles. The number of nitro groups is 1. The number of fused-ring (bicyclic) bond motifs is 1. The van der Waals surface area contributed by atoms with Gasteiger partial charge in [-0.3, -0.25) is 14.9 Å². The molecule has 1 aliphatic rings. The van der Waals surface area contributed by atoms with E-state index >= 15 is 0 Å². The fourth-order valence-electron chi connectivity index (χ4n) is 1.37. The van der Waals surface area contributed by atoms with Gasteiger partial charge in [0, 0.05) is 0 Å². The van der Waals surface area contributed by atoms with Crippen molar-refractivity contribution in [3.63, 3.8) is 0 Å². The van der Waals surface area contributed by atoms with Crippen LogP contribution in [0.25, 0.3) is 0 Å². The van der Waals surface area contributed by atoms with Gasteiger partial charge in [0.1, 0.15) is 5.75 Å². The Kier molecular flexibility index (Phi) is 1.57. The first-order chi connectivity index (χ1) is 6.55. The number of ether oxygens (including phenoxy) is 1. The van der Waals surface area contributed by atoms with E-state index in [1.54, 1.807) is 18.2 Å². The van der Waals surface area contributed by atoms with E-state index in [1.807, 2.05) is 0 Å². The average molecular weight is 193 g/mol. The minimum absolute atomic E-state index is 0.270. The van der Waals surface area contributed by atoms with Gasteiger partial charge in [-0.15, -0.1) is 0 Å². The van der Waals surface area contributed by atoms with E-state index in [2.05, 4.69) is 0 Å². The van der Waals surface area contributed by atoms with Gasteiger partial charge in [-0.25, -0.2) is 0 Å². The summed E-state index contributed by atoms with van der Waals surface area (Å²) in [7, 11) is 0. The molecule has 0 N–H and O–H groups in total. The van der Waals surface area contributed by atoms with E-state index in [4.69, 9.17) is 4.74 Å². The number of ketones is 1. The molecule has 5 heteroatoms. The largest absolute Gasteiger partial charge is 0.424 e. The fraction of sp³-hybridized carbons (Fsp3) is 0.222. The van der Waals surface area contributed by atoms with Gasteiger partial charge in [0.2, 0.25) is 0 Å². The van der Waals surface area contributed by atoms with Crippen molar-refractivity contribution in [1.29, 1.82) is 0 Å². The maximum atomic E-state index is 11.6. The molecule has 1 aromatic rings. The summed E-state index contributed by atoms with van der Waals surface area (Å²) in [5.41, 5.74) is -1.68. The van der Waals surface area contributed by atoms with Crippen LogP contribution in [0.15, 0.2) is 24.3 Å². The number of carbonyl (C=O) groups excluding carboxylic acids is 1. The lowest BCUT2D eigenvalue weighted by Crippen LogP contribution is -2.44. The van der Waals surface area contributed by atoms with Crippen molar-refractivity contribution in [2.45, 2.75) is 12.6 Å². The molecule has 2 rings (SSSR count). The molecule has 1 atom stereocenters. The molecule has 0 amide bonds. The monoisotopic (exact) mass is 193 g/mol. The number of hydrogen-bond donors (Lipinski definition) is 0. The molecule has 1 aromatic carbocycles. The Morgan fingerprint density at radius 1 is 1.43 bits per heavy atom. The van der Waals surface area contributed by atoms with Crippen LogP contribution < -0.4 is 4.74 Å². The van der Waals surface area contributed by atoms with E-state index in [0.29, 0.717) is 0 Å². The van der Waals surface area contributed by atoms with Gasteiger partial charge in [0.25, 0.3) is 5.78 Å². The number of rotatable bonds is 1. The molecular formula is C9H7NO4. The fourth-order valence-corrected chi connectivity index (χ4v) is 1.37. The second-order valence-electron chi connectivity index (χ2n) is 3.17. The van der Waals surface area contributed by atoms with Crippen LogP contribution in [0.2, 0.25) is 0 Å². The molecule has 1 unspecified atom stereocenters. The molecule has 5 nitrogen and oxygen atoms in total. The van der Waals surface area contributed by atoms with Crippen LogP contribution in [-0.4, -0.2) is 16.4 Å². The molecule has 0 saturated carbocycles. The number of nitrogens with zero attached hydrogens (tertiary/aromatic N) is 1. The smallest absolute Gasteiger partial charge is 0.421 e. The lowest BCUT2D eigenvalue weighted by molar-refractivity contribution is -0.586. The molecule has 1 heterocycles. The Morgan fingerprint density at radius 3 is 2.64 bits per heavy atom. The molecule has 0 aliphatic carbocycles. The van der Waals surface area contributed by atoms with Crippen molar-refractivity contribution in [3.8, 4) is 5.75 Å². The summed E-state index contributed by atoms with van der Waals surface area (Å²) < 4.78 is 5.02. The summed E-state index contributed by atoms with van der Waals surface area (Å²) in [5, 5.41) is 10.7. The highest BCUT2D eigenvalue weighted by molar-refractivity contribution is 6.05. The third-order valence-electron chi connectivity index (χ3n) is 2.21. The highest BCUT2D eigenvalue weighted by atomic mass is 16.7. The summed E-state index contributed by atoms with van der Waals surface area (Å²) in [4.78, 5) is 21.5. The minimum atomic E-state index is -1.95. The van der Waals surface area contributed by atoms with Gasteiger partial charge >= 0.3 is 5.72 Å². The van der Waals surface area contributed by atoms with Crippen LogP contribution in [0, 0.1) is 10.1 Å². The molecule has 0 fully saturated rings. The van der Waals surface area contributed by atoms with Crippen LogP contribution in [0.3, 0.4) is 0 Å². The second kappa shape index (κ2) is 2.54. The molecule has 0 spiro atoms. The van der Waals surface area contributed by atoms with Gasteiger partial charge in [0.15, 0.2) is 0 Å². The molecule has 0 aromatic heterocycles. The zero-order valence-corrected chi connectivity index (χ0v) is 7.39. The van der Waals surface area contributed by atoms with Crippen LogP contribution in [0.4, 0.5) is 0 Å². The molecular weight excluding hydrogens is 186 g/mol. The molecule has 0 radical (unpaired) electrons. The Balaban J connectivity index is 2.54. The van der Waals surface area contributed by atoms with E-state index in [1.165, 1.54) is 6.07 Å². The topological polar surface area (TPSA) is 69.4 Å². The predicted molar refractivity (Wildman–Crippen MR) is 46.8 cm³/mol. The maximum Gasteiger partial charge on any atom is 0.424 e. The zero-order chi connectivity index (χ0) is 10.3. The molecule has 72 valence electrons. The predicted octanol–water partition coefficient (Wildman–Crippen LogP) is 1.25. The highest BCUT2D eigenvalue weighted by Gasteiger charge is 2.55. The summed E-state index contributed by atoms with van der Waals surface area (Å²) in [6.07, 6.45) is 0. The molecule has 0 bridgehead atoms. The normalized spacial score (nSPS) is 24.2. The second-order valence-corrected chi connectivity index (χ2v) is 3.17. The van der Waals surface area contributed by atoms with Crippen LogP contribution in [0.1, 0.15) is 17.3 Å². The van der Waals surface area contributed by atoms with Crippen molar-refractivity contribution in [2.24, 2.45) is 0 Å². The number of benzene rings is 1. The lowest BCUT2D eigenvalue weighted by atomic mass is 10.1. The van der Waals surface area contributed by atoms with Gasteiger partial charge in [-0.2, -0.15) is 0 Å². The van der Waals surface area contributed by atoms with Crippen molar-refractivity contribution < 1.29 is 14.5 Å². The summed E-state index contributed by atoms with van der Waals surface area (Å²) >= 11 is 0. The first-order valence-electron chi connectivity index (χ1n) is 4.03.